The molecule has 2 aromatic carbocycles. The van der Waals surface area contributed by atoms with E-state index in [9.17, 15) is 14.7 Å². The summed E-state index contributed by atoms with van der Waals surface area (Å²) in [6.07, 6.45) is 1.36. The minimum absolute atomic E-state index is 0.0194. The average molecular weight is 423 g/mol. The van der Waals surface area contributed by atoms with E-state index in [2.05, 4.69) is 4.90 Å². The van der Waals surface area contributed by atoms with Crippen LogP contribution in [-0.2, 0) is 0 Å². The summed E-state index contributed by atoms with van der Waals surface area (Å²) in [5, 5.41) is 9.61. The second-order valence-electron chi connectivity index (χ2n) is 8.04. The highest BCUT2D eigenvalue weighted by atomic mass is 19.1. The van der Waals surface area contributed by atoms with Crippen LogP contribution in [0.25, 0.3) is 10.9 Å². The molecule has 0 saturated carbocycles. The third-order valence-corrected chi connectivity index (χ3v) is 6.15. The van der Waals surface area contributed by atoms with Crippen LogP contribution >= 0.6 is 0 Å². The van der Waals surface area contributed by atoms with E-state index in [1.807, 2.05) is 42.3 Å². The molecule has 1 unspecified atom stereocenters. The Balaban J connectivity index is 1.79. The number of carboxylic acids is 1. The summed E-state index contributed by atoms with van der Waals surface area (Å²) in [5.74, 6) is -1.60. The molecule has 8 heteroatoms. The summed E-state index contributed by atoms with van der Waals surface area (Å²) in [6, 6.07) is 10.4. The van der Waals surface area contributed by atoms with Crippen LogP contribution in [0.5, 0.6) is 5.75 Å². The van der Waals surface area contributed by atoms with Gasteiger partial charge in [0.15, 0.2) is 11.6 Å². The molecule has 0 bridgehead atoms. The number of halogens is 1. The summed E-state index contributed by atoms with van der Waals surface area (Å²) >= 11 is 0. The molecule has 1 atom stereocenters. The van der Waals surface area contributed by atoms with Gasteiger partial charge in [-0.1, -0.05) is 30.3 Å². The molecule has 0 spiro atoms. The predicted molar refractivity (Wildman–Crippen MR) is 115 cm³/mol. The number of likely N-dealkylation sites (N-methyl/N-ethyl adjacent to an activating group) is 1. The fourth-order valence-corrected chi connectivity index (χ4v) is 4.48. The quantitative estimate of drug-likeness (QED) is 0.698. The highest BCUT2D eigenvalue weighted by Gasteiger charge is 2.32. The van der Waals surface area contributed by atoms with Crippen LogP contribution in [0.15, 0.2) is 47.4 Å². The number of benzene rings is 2. The van der Waals surface area contributed by atoms with Crippen molar-refractivity contribution in [2.75, 3.05) is 44.7 Å². The number of pyridine rings is 1. The highest BCUT2D eigenvalue weighted by Crippen LogP contribution is 2.43. The van der Waals surface area contributed by atoms with Gasteiger partial charge in [0.05, 0.1) is 16.9 Å². The lowest BCUT2D eigenvalue weighted by molar-refractivity contribution is 0.0694. The summed E-state index contributed by atoms with van der Waals surface area (Å²) < 4.78 is 23.2. The van der Waals surface area contributed by atoms with E-state index in [1.165, 1.54) is 6.20 Å². The van der Waals surface area contributed by atoms with E-state index in [4.69, 9.17) is 4.74 Å². The van der Waals surface area contributed by atoms with Gasteiger partial charge in [-0.2, -0.15) is 0 Å². The molecule has 5 rings (SSSR count). The van der Waals surface area contributed by atoms with Gasteiger partial charge in [0, 0.05) is 32.4 Å². The lowest BCUT2D eigenvalue weighted by Crippen LogP contribution is -2.45. The molecule has 7 nitrogen and oxygen atoms in total. The van der Waals surface area contributed by atoms with Crippen LogP contribution in [0.1, 0.15) is 22.0 Å². The van der Waals surface area contributed by atoms with Gasteiger partial charge in [-0.05, 0) is 18.7 Å². The average Bonchev–Trinajstić information content (AvgIpc) is 2.77. The van der Waals surface area contributed by atoms with Gasteiger partial charge in [-0.25, -0.2) is 9.18 Å². The minimum Gasteiger partial charge on any atom is -0.487 e. The zero-order chi connectivity index (χ0) is 21.7. The van der Waals surface area contributed by atoms with Crippen LogP contribution in [0, 0.1) is 5.82 Å². The first-order valence-electron chi connectivity index (χ1n) is 10.2. The lowest BCUT2D eigenvalue weighted by Gasteiger charge is -2.37. The first kappa shape index (κ1) is 19.6. The Bertz CT molecular complexity index is 1230. The molecule has 160 valence electrons. The minimum atomic E-state index is -1.33. The number of anilines is 1. The third kappa shape index (κ3) is 3.14. The summed E-state index contributed by atoms with van der Waals surface area (Å²) in [4.78, 5) is 28.8. The number of carboxylic acid groups (broad SMARTS) is 1. The summed E-state index contributed by atoms with van der Waals surface area (Å²) in [6.45, 7) is 3.05. The van der Waals surface area contributed by atoms with Gasteiger partial charge in [-0.15, -0.1) is 0 Å². The molecule has 0 amide bonds. The van der Waals surface area contributed by atoms with Crippen molar-refractivity contribution in [2.24, 2.45) is 0 Å². The Morgan fingerprint density at radius 2 is 1.87 bits per heavy atom. The van der Waals surface area contributed by atoms with E-state index >= 15 is 4.39 Å². The summed E-state index contributed by atoms with van der Waals surface area (Å²) in [7, 11) is 2.02. The van der Waals surface area contributed by atoms with Crippen molar-refractivity contribution in [1.82, 2.24) is 9.47 Å². The van der Waals surface area contributed by atoms with Crippen LogP contribution in [0.2, 0.25) is 0 Å². The van der Waals surface area contributed by atoms with Gasteiger partial charge in [-0.3, -0.25) is 4.79 Å². The lowest BCUT2D eigenvalue weighted by atomic mass is 10.0. The Kier molecular flexibility index (Phi) is 4.66. The van der Waals surface area contributed by atoms with E-state index < -0.39 is 17.2 Å². The van der Waals surface area contributed by atoms with Crippen molar-refractivity contribution in [2.45, 2.75) is 6.04 Å². The molecule has 1 aromatic heterocycles. The number of carbonyl (C=O) groups is 1. The molecular formula is C23H22FN3O4. The largest absolute Gasteiger partial charge is 0.487 e. The van der Waals surface area contributed by atoms with Crippen molar-refractivity contribution in [1.29, 1.82) is 0 Å². The Morgan fingerprint density at radius 3 is 2.55 bits per heavy atom. The molecule has 31 heavy (non-hydrogen) atoms. The maximum atomic E-state index is 15.3. The van der Waals surface area contributed by atoms with Crippen molar-refractivity contribution in [3.8, 4) is 5.75 Å². The zero-order valence-electron chi connectivity index (χ0n) is 17.0. The van der Waals surface area contributed by atoms with Crippen molar-refractivity contribution >= 4 is 22.6 Å². The van der Waals surface area contributed by atoms with E-state index in [0.29, 0.717) is 30.0 Å². The van der Waals surface area contributed by atoms with Crippen LogP contribution in [0.4, 0.5) is 10.1 Å². The molecule has 1 fully saturated rings. The number of piperazine rings is 1. The Morgan fingerprint density at radius 1 is 1.16 bits per heavy atom. The molecule has 1 saturated heterocycles. The molecule has 2 aliphatic heterocycles. The smallest absolute Gasteiger partial charge is 0.341 e. The number of ether oxygens (including phenoxy) is 1. The molecule has 3 aromatic rings. The van der Waals surface area contributed by atoms with Gasteiger partial charge in [0.2, 0.25) is 5.43 Å². The standard InChI is InChI=1S/C23H22FN3O4/c1-25-7-9-26(10-8-25)20-17(24)11-15-19-22(20)31-13-18(14-5-3-2-4-6-14)27(19)12-16(21(15)28)23(29)30/h2-6,11-12,18H,7-10,13H2,1H3,(H,29,30). The second kappa shape index (κ2) is 7.39. The van der Waals surface area contributed by atoms with E-state index in [-0.39, 0.29) is 23.6 Å². The van der Waals surface area contributed by atoms with Gasteiger partial charge >= 0.3 is 5.97 Å². The maximum Gasteiger partial charge on any atom is 0.341 e. The normalized spacial score (nSPS) is 18.8. The van der Waals surface area contributed by atoms with E-state index in [1.54, 1.807) is 4.57 Å². The third-order valence-electron chi connectivity index (χ3n) is 6.15. The van der Waals surface area contributed by atoms with Gasteiger partial charge < -0.3 is 24.2 Å². The molecular weight excluding hydrogens is 401 g/mol. The van der Waals surface area contributed by atoms with Crippen LogP contribution < -0.4 is 15.1 Å². The fourth-order valence-electron chi connectivity index (χ4n) is 4.48. The molecule has 3 heterocycles. The molecule has 0 aliphatic carbocycles. The first-order valence-corrected chi connectivity index (χ1v) is 10.2. The SMILES string of the molecule is CN1CCN(c2c(F)cc3c(=O)c(C(=O)O)cn4c3c2OCC4c2ccccc2)CC1. The number of nitrogens with zero attached hydrogens (tertiary/aromatic N) is 3. The zero-order valence-corrected chi connectivity index (χ0v) is 17.0. The van der Waals surface area contributed by atoms with Crippen molar-refractivity contribution in [3.63, 3.8) is 0 Å². The number of rotatable bonds is 3. The van der Waals surface area contributed by atoms with Gasteiger partial charge in [0.1, 0.15) is 17.9 Å². The fraction of sp³-hybridized carbons (Fsp3) is 0.304. The van der Waals surface area contributed by atoms with Crippen LogP contribution in [-0.4, -0.2) is 60.4 Å². The van der Waals surface area contributed by atoms with Crippen LogP contribution in [0.3, 0.4) is 0 Å². The molecule has 1 N–H and O–H groups in total. The van der Waals surface area contributed by atoms with Gasteiger partial charge in [0.25, 0.3) is 0 Å². The number of hydrogen-bond donors (Lipinski definition) is 1. The summed E-state index contributed by atoms with van der Waals surface area (Å²) in [5.41, 5.74) is 0.600. The van der Waals surface area contributed by atoms with E-state index in [0.717, 1.165) is 24.7 Å². The number of hydrogen-bond acceptors (Lipinski definition) is 5. The highest BCUT2D eigenvalue weighted by molar-refractivity contribution is 5.97. The monoisotopic (exact) mass is 423 g/mol. The van der Waals surface area contributed by atoms with Crippen molar-refractivity contribution in [3.05, 3.63) is 69.8 Å². The molecule has 0 radical (unpaired) electrons. The Labute approximate surface area is 177 Å². The Hall–Kier alpha value is -3.39. The number of aromatic nitrogens is 1. The second-order valence-corrected chi connectivity index (χ2v) is 8.04. The number of aromatic carboxylic acids is 1. The molecule has 2 aliphatic rings. The van der Waals surface area contributed by atoms with Crippen molar-refractivity contribution < 1.29 is 19.0 Å². The topological polar surface area (TPSA) is 75.0 Å². The first-order chi connectivity index (χ1) is 15.0. The maximum absolute atomic E-state index is 15.3. The predicted octanol–water partition coefficient (Wildman–Crippen LogP) is 2.57.